The van der Waals surface area contributed by atoms with Crippen LogP contribution in [0.4, 0.5) is 11.4 Å². The molecule has 4 fully saturated rings. The molecule has 3 N–H and O–H groups in total. The number of nitrogens with zero attached hydrogens (tertiary/aromatic N) is 4. The molecule has 0 unspecified atom stereocenters. The highest BCUT2D eigenvalue weighted by Gasteiger charge is 2.42. The Bertz CT molecular complexity index is 2280. The van der Waals surface area contributed by atoms with Crippen LogP contribution in [0.3, 0.4) is 0 Å². The molecule has 0 aliphatic carbocycles. The second-order valence-electron chi connectivity index (χ2n) is 16.5. The third-order valence-corrected chi connectivity index (χ3v) is 12.7. The first-order valence-electron chi connectivity index (χ1n) is 21.5. The fourth-order valence-corrected chi connectivity index (χ4v) is 9.76. The molecule has 4 atom stereocenters. The van der Waals surface area contributed by atoms with Gasteiger partial charge in [0.05, 0.1) is 0 Å². The van der Waals surface area contributed by atoms with Gasteiger partial charge in [-0.3, -0.25) is 29.0 Å². The molecule has 4 amide bonds. The van der Waals surface area contributed by atoms with Gasteiger partial charge < -0.3 is 25.4 Å². The monoisotopic (exact) mass is 791 g/mol. The van der Waals surface area contributed by atoms with Gasteiger partial charge in [0.15, 0.2) is 0 Å². The van der Waals surface area contributed by atoms with E-state index < -0.39 is 12.1 Å². The summed E-state index contributed by atoms with van der Waals surface area (Å²) in [6.07, 6.45) is 7.17. The average molecular weight is 792 g/mol. The van der Waals surface area contributed by atoms with Gasteiger partial charge in [0.1, 0.15) is 24.2 Å². The summed E-state index contributed by atoms with van der Waals surface area (Å²) in [7, 11) is 0. The lowest BCUT2D eigenvalue weighted by Gasteiger charge is -2.33. The van der Waals surface area contributed by atoms with E-state index in [0.29, 0.717) is 37.3 Å². The van der Waals surface area contributed by atoms with Gasteiger partial charge in [0.2, 0.25) is 23.6 Å². The molecule has 5 heterocycles. The van der Waals surface area contributed by atoms with Crippen LogP contribution in [0.5, 0.6) is 0 Å². The van der Waals surface area contributed by atoms with E-state index in [4.69, 9.17) is 0 Å². The van der Waals surface area contributed by atoms with Crippen LogP contribution in [0.15, 0.2) is 109 Å². The molecule has 1 aromatic heterocycles. The molecule has 0 radical (unpaired) electrons. The molecule has 304 valence electrons. The van der Waals surface area contributed by atoms with Crippen LogP contribution in [0, 0.1) is 0 Å². The molecule has 5 aromatic rings. The van der Waals surface area contributed by atoms with E-state index in [-0.39, 0.29) is 35.7 Å². The highest BCUT2D eigenvalue weighted by atomic mass is 16.2. The van der Waals surface area contributed by atoms with Crippen molar-refractivity contribution in [1.82, 2.24) is 24.6 Å². The maximum Gasteiger partial charge on any atom is 0.247 e. The normalized spacial score (nSPS) is 20.9. The number of amides is 4. The molecule has 4 aliphatic rings. The van der Waals surface area contributed by atoms with E-state index in [2.05, 4.69) is 31.5 Å². The molecule has 0 bridgehead atoms. The lowest BCUT2D eigenvalue weighted by atomic mass is 10.0. The van der Waals surface area contributed by atoms with E-state index in [1.165, 1.54) is 0 Å². The standard InChI is InChI=1S/C48H53N7O4/c56-45(41-17-11-29-54(41)47(58)43(52-25-7-8-26-52)34-13-3-1-4-14-34)49-37-21-19-33(20-22-37)40-32-36-31-38(23-24-39(36)51-40)50-46(57)42-18-12-30-55(42)48(59)44(53-27-9-10-28-53)35-15-5-2-6-16-35/h1-6,13-16,19-24,31-32,41-44,51H,7-12,17-18,25-30H2,(H,49,56)(H,50,57)/t41-,42-,43+,44-/m0/s1. The fourth-order valence-electron chi connectivity index (χ4n) is 9.76. The molecule has 4 aromatic carbocycles. The molecule has 11 nitrogen and oxygen atoms in total. The predicted molar refractivity (Wildman–Crippen MR) is 230 cm³/mol. The van der Waals surface area contributed by atoms with Crippen LogP contribution < -0.4 is 10.6 Å². The molecule has 11 heteroatoms. The van der Waals surface area contributed by atoms with Crippen molar-refractivity contribution in [3.05, 3.63) is 120 Å². The third kappa shape index (κ3) is 8.14. The smallest absolute Gasteiger partial charge is 0.247 e. The number of H-pyrrole nitrogens is 1. The highest BCUT2D eigenvalue weighted by Crippen LogP contribution is 2.34. The van der Waals surface area contributed by atoms with Crippen molar-refractivity contribution < 1.29 is 19.2 Å². The Kier molecular flexibility index (Phi) is 11.3. The average Bonchev–Trinajstić information content (AvgIpc) is 4.12. The Labute approximate surface area is 345 Å². The molecular weight excluding hydrogens is 739 g/mol. The van der Waals surface area contributed by atoms with E-state index in [1.807, 2.05) is 103 Å². The Morgan fingerprint density at radius 3 is 1.51 bits per heavy atom. The molecule has 0 saturated carbocycles. The first-order valence-corrected chi connectivity index (χ1v) is 21.5. The second kappa shape index (κ2) is 17.2. The number of carbonyl (C=O) groups is 4. The summed E-state index contributed by atoms with van der Waals surface area (Å²) >= 11 is 0. The zero-order chi connectivity index (χ0) is 40.3. The summed E-state index contributed by atoms with van der Waals surface area (Å²) in [5.41, 5.74) is 6.10. The number of rotatable bonds is 11. The van der Waals surface area contributed by atoms with Crippen LogP contribution in [0.1, 0.15) is 74.6 Å². The fraction of sp³-hybridized carbons (Fsp3) is 0.375. The summed E-state index contributed by atoms with van der Waals surface area (Å²) in [4.78, 5) is 67.3. The Morgan fingerprint density at radius 2 is 1.00 bits per heavy atom. The summed E-state index contributed by atoms with van der Waals surface area (Å²) < 4.78 is 0. The lowest BCUT2D eigenvalue weighted by Crippen LogP contribution is -2.48. The summed E-state index contributed by atoms with van der Waals surface area (Å²) in [5.74, 6) is -0.310. The van der Waals surface area contributed by atoms with Gasteiger partial charge in [0, 0.05) is 41.1 Å². The number of fused-ring (bicyclic) bond motifs is 1. The Morgan fingerprint density at radius 1 is 0.525 bits per heavy atom. The zero-order valence-electron chi connectivity index (χ0n) is 33.5. The Balaban J connectivity index is 0.843. The Hall–Kier alpha value is -5.78. The minimum Gasteiger partial charge on any atom is -0.355 e. The van der Waals surface area contributed by atoms with Gasteiger partial charge in [-0.15, -0.1) is 0 Å². The van der Waals surface area contributed by atoms with Crippen molar-refractivity contribution in [1.29, 1.82) is 0 Å². The number of nitrogens with one attached hydrogen (secondary N) is 3. The number of anilines is 2. The summed E-state index contributed by atoms with van der Waals surface area (Å²) in [6.45, 7) is 4.68. The number of aromatic nitrogens is 1. The van der Waals surface area contributed by atoms with E-state index in [1.54, 1.807) is 9.80 Å². The number of hydrogen-bond acceptors (Lipinski definition) is 6. The minimum atomic E-state index is -0.522. The van der Waals surface area contributed by atoms with Crippen molar-refractivity contribution in [2.24, 2.45) is 0 Å². The van der Waals surface area contributed by atoms with E-state index in [9.17, 15) is 19.2 Å². The minimum absolute atomic E-state index is 0.00701. The van der Waals surface area contributed by atoms with E-state index in [0.717, 1.165) is 98.0 Å². The van der Waals surface area contributed by atoms with Crippen LogP contribution in [0.2, 0.25) is 0 Å². The number of benzene rings is 4. The molecule has 59 heavy (non-hydrogen) atoms. The van der Waals surface area contributed by atoms with Gasteiger partial charge in [0.25, 0.3) is 0 Å². The summed E-state index contributed by atoms with van der Waals surface area (Å²) in [6, 6.07) is 33.7. The number of hydrogen-bond donors (Lipinski definition) is 3. The van der Waals surface area contributed by atoms with Crippen molar-refractivity contribution in [2.75, 3.05) is 49.9 Å². The largest absolute Gasteiger partial charge is 0.355 e. The molecule has 4 saturated heterocycles. The number of carbonyl (C=O) groups excluding carboxylic acids is 4. The third-order valence-electron chi connectivity index (χ3n) is 12.7. The van der Waals surface area contributed by atoms with Crippen LogP contribution in [-0.4, -0.2) is 99.6 Å². The van der Waals surface area contributed by atoms with Crippen molar-refractivity contribution >= 4 is 45.9 Å². The molecular formula is C48H53N7O4. The topological polar surface area (TPSA) is 121 Å². The van der Waals surface area contributed by atoms with Crippen molar-refractivity contribution in [3.63, 3.8) is 0 Å². The zero-order valence-corrected chi connectivity index (χ0v) is 33.5. The summed E-state index contributed by atoms with van der Waals surface area (Å²) in [5, 5.41) is 7.15. The van der Waals surface area contributed by atoms with Gasteiger partial charge in [-0.2, -0.15) is 0 Å². The van der Waals surface area contributed by atoms with Gasteiger partial charge in [-0.25, -0.2) is 0 Å². The predicted octanol–water partition coefficient (Wildman–Crippen LogP) is 7.37. The van der Waals surface area contributed by atoms with Gasteiger partial charge in [-0.1, -0.05) is 72.8 Å². The van der Waals surface area contributed by atoms with Crippen LogP contribution >= 0.6 is 0 Å². The number of likely N-dealkylation sites (tertiary alicyclic amines) is 4. The molecule has 4 aliphatic heterocycles. The quantitative estimate of drug-likeness (QED) is 0.129. The maximum atomic E-state index is 14.2. The first-order chi connectivity index (χ1) is 28.9. The van der Waals surface area contributed by atoms with Crippen LogP contribution in [0.25, 0.3) is 22.2 Å². The lowest BCUT2D eigenvalue weighted by molar-refractivity contribution is -0.141. The molecule has 0 spiro atoms. The van der Waals surface area contributed by atoms with Crippen molar-refractivity contribution in [2.45, 2.75) is 75.5 Å². The second-order valence-corrected chi connectivity index (χ2v) is 16.5. The van der Waals surface area contributed by atoms with E-state index >= 15 is 0 Å². The van der Waals surface area contributed by atoms with Crippen molar-refractivity contribution in [3.8, 4) is 11.3 Å². The maximum absolute atomic E-state index is 14.2. The highest BCUT2D eigenvalue weighted by molar-refractivity contribution is 6.01. The van der Waals surface area contributed by atoms with Gasteiger partial charge >= 0.3 is 0 Å². The van der Waals surface area contributed by atoms with Gasteiger partial charge in [-0.05, 0) is 131 Å². The SMILES string of the molecule is O=C(Nc1ccc2[nH]c(-c3ccc(NC(=O)[C@@H]4CCCN4C(=O)[C@@H](c4ccccc4)N4CCCC4)cc3)cc2c1)[C@@H]1CCCN1C(=O)[C@H](c1ccccc1)N1CCCC1. The van der Waals surface area contributed by atoms with Crippen LogP contribution in [-0.2, 0) is 19.2 Å². The first kappa shape index (κ1) is 38.7. The molecule has 9 rings (SSSR count). The number of aromatic amines is 1.